The standard InChI is InChI=1S/C15H15N3O6/c1-8(24-15(21)10-3-5-13(19)18-17-10)14(20)16-9-2-4-11-12(6-9)23-7-22-11/h2,4,6,8H,3,5,7H2,1H3,(H,16,20)(H,18,19)/t8-/m1/s1. The quantitative estimate of drug-likeness (QED) is 0.778. The highest BCUT2D eigenvalue weighted by Crippen LogP contribution is 2.34. The zero-order chi connectivity index (χ0) is 17.1. The van der Waals surface area contributed by atoms with Crippen molar-refractivity contribution in [1.29, 1.82) is 0 Å². The molecule has 2 amide bonds. The van der Waals surface area contributed by atoms with Crippen LogP contribution >= 0.6 is 0 Å². The monoisotopic (exact) mass is 333 g/mol. The lowest BCUT2D eigenvalue weighted by molar-refractivity contribution is -0.146. The molecular weight excluding hydrogens is 318 g/mol. The molecule has 0 saturated heterocycles. The third-order valence-electron chi connectivity index (χ3n) is 3.43. The number of hydrogen-bond donors (Lipinski definition) is 2. The minimum Gasteiger partial charge on any atom is -0.454 e. The lowest BCUT2D eigenvalue weighted by Gasteiger charge is -2.16. The van der Waals surface area contributed by atoms with E-state index in [1.54, 1.807) is 18.2 Å². The Balaban J connectivity index is 1.57. The first-order valence-corrected chi connectivity index (χ1v) is 7.30. The van der Waals surface area contributed by atoms with Crippen LogP contribution in [0.4, 0.5) is 5.69 Å². The van der Waals surface area contributed by atoms with Crippen molar-refractivity contribution in [3.8, 4) is 11.5 Å². The Morgan fingerprint density at radius 2 is 2.08 bits per heavy atom. The summed E-state index contributed by atoms with van der Waals surface area (Å²) in [7, 11) is 0. The molecule has 0 unspecified atom stereocenters. The second kappa shape index (κ2) is 6.57. The number of anilines is 1. The number of nitrogens with one attached hydrogen (secondary N) is 2. The van der Waals surface area contributed by atoms with Crippen molar-refractivity contribution >= 4 is 29.2 Å². The van der Waals surface area contributed by atoms with Gasteiger partial charge in [-0.3, -0.25) is 9.59 Å². The summed E-state index contributed by atoms with van der Waals surface area (Å²) in [6, 6.07) is 4.95. The molecule has 0 aliphatic carbocycles. The van der Waals surface area contributed by atoms with Gasteiger partial charge in [0.25, 0.3) is 5.91 Å². The van der Waals surface area contributed by atoms with Gasteiger partial charge in [-0.25, -0.2) is 10.2 Å². The molecule has 0 saturated carbocycles. The molecule has 3 rings (SSSR count). The van der Waals surface area contributed by atoms with Crippen LogP contribution in [0.2, 0.25) is 0 Å². The highest BCUT2D eigenvalue weighted by Gasteiger charge is 2.24. The van der Waals surface area contributed by atoms with E-state index in [0.29, 0.717) is 17.2 Å². The van der Waals surface area contributed by atoms with E-state index in [9.17, 15) is 14.4 Å². The molecule has 1 atom stereocenters. The van der Waals surface area contributed by atoms with Gasteiger partial charge < -0.3 is 19.5 Å². The summed E-state index contributed by atoms with van der Waals surface area (Å²) < 4.78 is 15.5. The molecule has 1 aromatic carbocycles. The summed E-state index contributed by atoms with van der Waals surface area (Å²) >= 11 is 0. The predicted octanol–water partition coefficient (Wildman–Crippen LogP) is 0.551. The normalized spacial score (nSPS) is 16.7. The Morgan fingerprint density at radius 1 is 1.29 bits per heavy atom. The van der Waals surface area contributed by atoms with Gasteiger partial charge in [-0.15, -0.1) is 0 Å². The Morgan fingerprint density at radius 3 is 2.83 bits per heavy atom. The van der Waals surface area contributed by atoms with E-state index in [-0.39, 0.29) is 31.3 Å². The average molecular weight is 333 g/mol. The number of nitrogens with zero attached hydrogens (tertiary/aromatic N) is 1. The summed E-state index contributed by atoms with van der Waals surface area (Å²) in [6.45, 7) is 1.58. The number of ether oxygens (including phenoxy) is 3. The Kier molecular flexibility index (Phi) is 4.32. The van der Waals surface area contributed by atoms with Crippen molar-refractivity contribution < 1.29 is 28.6 Å². The number of rotatable bonds is 4. The molecule has 9 heteroatoms. The van der Waals surface area contributed by atoms with Gasteiger partial charge in [-0.1, -0.05) is 0 Å². The number of fused-ring (bicyclic) bond motifs is 1. The first-order chi connectivity index (χ1) is 11.5. The third-order valence-corrected chi connectivity index (χ3v) is 3.43. The molecule has 0 spiro atoms. The smallest absolute Gasteiger partial charge is 0.355 e. The molecule has 2 aliphatic heterocycles. The third kappa shape index (κ3) is 3.45. The molecule has 9 nitrogen and oxygen atoms in total. The van der Waals surface area contributed by atoms with Crippen LogP contribution in [0, 0.1) is 0 Å². The van der Waals surface area contributed by atoms with Crippen molar-refractivity contribution in [2.24, 2.45) is 5.10 Å². The zero-order valence-electron chi connectivity index (χ0n) is 12.8. The highest BCUT2D eigenvalue weighted by atomic mass is 16.7. The molecule has 0 fully saturated rings. The SMILES string of the molecule is C[C@@H](OC(=O)C1=NNC(=O)CC1)C(=O)Nc1ccc2c(c1)OCO2. The van der Waals surface area contributed by atoms with Crippen molar-refractivity contribution in [1.82, 2.24) is 5.43 Å². The molecule has 2 N–H and O–H groups in total. The van der Waals surface area contributed by atoms with Gasteiger partial charge in [0, 0.05) is 24.6 Å². The van der Waals surface area contributed by atoms with Gasteiger partial charge in [-0.2, -0.15) is 5.10 Å². The van der Waals surface area contributed by atoms with E-state index < -0.39 is 18.0 Å². The first-order valence-electron chi connectivity index (χ1n) is 7.30. The topological polar surface area (TPSA) is 115 Å². The fourth-order valence-electron chi connectivity index (χ4n) is 2.12. The molecule has 2 heterocycles. The summed E-state index contributed by atoms with van der Waals surface area (Å²) in [5, 5.41) is 6.25. The van der Waals surface area contributed by atoms with E-state index in [0.717, 1.165) is 0 Å². The predicted molar refractivity (Wildman–Crippen MR) is 81.6 cm³/mol. The van der Waals surface area contributed by atoms with Gasteiger partial charge in [0.1, 0.15) is 5.71 Å². The largest absolute Gasteiger partial charge is 0.454 e. The molecule has 126 valence electrons. The lowest BCUT2D eigenvalue weighted by atomic mass is 10.2. The molecular formula is C15H15N3O6. The minimum absolute atomic E-state index is 0.0809. The van der Waals surface area contributed by atoms with E-state index in [1.165, 1.54) is 6.92 Å². The molecule has 2 aliphatic rings. The van der Waals surface area contributed by atoms with Crippen LogP contribution in [0.25, 0.3) is 0 Å². The van der Waals surface area contributed by atoms with Crippen LogP contribution in [-0.4, -0.2) is 36.4 Å². The molecule has 1 aromatic rings. The fraction of sp³-hybridized carbons (Fsp3) is 0.333. The number of amides is 2. The van der Waals surface area contributed by atoms with Crippen LogP contribution in [0.5, 0.6) is 11.5 Å². The number of hydrazone groups is 1. The summed E-state index contributed by atoms with van der Waals surface area (Å²) in [4.78, 5) is 35.0. The maximum absolute atomic E-state index is 12.1. The van der Waals surface area contributed by atoms with Crippen LogP contribution in [0.3, 0.4) is 0 Å². The fourth-order valence-corrected chi connectivity index (χ4v) is 2.12. The summed E-state index contributed by atoms with van der Waals surface area (Å²) in [5.74, 6) is -0.360. The highest BCUT2D eigenvalue weighted by molar-refractivity contribution is 6.37. The Bertz CT molecular complexity index is 730. The van der Waals surface area contributed by atoms with Crippen LogP contribution in [0.1, 0.15) is 19.8 Å². The lowest BCUT2D eigenvalue weighted by Crippen LogP contribution is -2.35. The summed E-state index contributed by atoms with van der Waals surface area (Å²) in [6.07, 6.45) is -0.685. The van der Waals surface area contributed by atoms with Crippen LogP contribution in [0.15, 0.2) is 23.3 Å². The van der Waals surface area contributed by atoms with Gasteiger partial charge in [0.05, 0.1) is 0 Å². The minimum atomic E-state index is -1.02. The number of esters is 1. The van der Waals surface area contributed by atoms with Gasteiger partial charge in [0.15, 0.2) is 17.6 Å². The van der Waals surface area contributed by atoms with Crippen molar-refractivity contribution in [3.63, 3.8) is 0 Å². The molecule has 24 heavy (non-hydrogen) atoms. The maximum atomic E-state index is 12.1. The number of carbonyl (C=O) groups excluding carboxylic acids is 3. The zero-order valence-corrected chi connectivity index (χ0v) is 12.8. The summed E-state index contributed by atoms with van der Waals surface area (Å²) in [5.41, 5.74) is 2.78. The number of hydrogen-bond acceptors (Lipinski definition) is 7. The number of carbonyl (C=O) groups is 3. The van der Waals surface area contributed by atoms with Gasteiger partial charge in [-0.05, 0) is 19.1 Å². The van der Waals surface area contributed by atoms with Crippen molar-refractivity contribution in [2.75, 3.05) is 12.1 Å². The van der Waals surface area contributed by atoms with E-state index >= 15 is 0 Å². The number of benzene rings is 1. The maximum Gasteiger partial charge on any atom is 0.355 e. The second-order valence-electron chi connectivity index (χ2n) is 5.20. The van der Waals surface area contributed by atoms with Crippen LogP contribution < -0.4 is 20.2 Å². The van der Waals surface area contributed by atoms with Gasteiger partial charge in [0.2, 0.25) is 12.7 Å². The van der Waals surface area contributed by atoms with Crippen LogP contribution in [-0.2, 0) is 19.1 Å². The van der Waals surface area contributed by atoms with E-state index in [2.05, 4.69) is 15.8 Å². The average Bonchev–Trinajstić information content (AvgIpc) is 3.03. The van der Waals surface area contributed by atoms with Crippen molar-refractivity contribution in [3.05, 3.63) is 18.2 Å². The first kappa shape index (κ1) is 15.8. The van der Waals surface area contributed by atoms with E-state index in [1.807, 2.05) is 0 Å². The molecule has 0 bridgehead atoms. The second-order valence-corrected chi connectivity index (χ2v) is 5.20. The van der Waals surface area contributed by atoms with Gasteiger partial charge >= 0.3 is 5.97 Å². The molecule has 0 radical (unpaired) electrons. The van der Waals surface area contributed by atoms with E-state index in [4.69, 9.17) is 14.2 Å². The Hall–Kier alpha value is -3.10. The Labute approximate surface area is 136 Å². The van der Waals surface area contributed by atoms with Crippen molar-refractivity contribution in [2.45, 2.75) is 25.9 Å². The molecule has 0 aromatic heterocycles.